The molecular formula is C17H21N3O2. The van der Waals surface area contributed by atoms with Crippen molar-refractivity contribution in [3.8, 4) is 5.75 Å². The van der Waals surface area contributed by atoms with E-state index in [4.69, 9.17) is 0 Å². The number of aromatic hydroxyl groups is 1. The lowest BCUT2D eigenvalue weighted by molar-refractivity contribution is 0.262. The molecule has 2 aromatic carbocycles. The zero-order valence-corrected chi connectivity index (χ0v) is 12.8. The standard InChI is InChI=1S/C17H21N3O2/c1-3-20(4-2)15-10-8-13(9-11-15)18-17(22)19-14-6-5-7-16(21)12-14/h5-12,21H,3-4H2,1-2H3,(H2,18,19,22). The van der Waals surface area contributed by atoms with Gasteiger partial charge in [-0.15, -0.1) is 0 Å². The zero-order chi connectivity index (χ0) is 15.9. The fraction of sp³-hybridized carbons (Fsp3) is 0.235. The predicted molar refractivity (Wildman–Crippen MR) is 90.8 cm³/mol. The molecule has 116 valence electrons. The molecule has 0 aliphatic carbocycles. The number of phenols is 1. The Hall–Kier alpha value is -2.69. The first-order valence-corrected chi connectivity index (χ1v) is 7.34. The molecule has 0 aromatic heterocycles. The van der Waals surface area contributed by atoms with Crippen LogP contribution in [0, 0.1) is 0 Å². The van der Waals surface area contributed by atoms with E-state index in [0.717, 1.165) is 18.8 Å². The summed E-state index contributed by atoms with van der Waals surface area (Å²) in [5.41, 5.74) is 2.38. The smallest absolute Gasteiger partial charge is 0.323 e. The number of benzene rings is 2. The molecule has 0 fully saturated rings. The van der Waals surface area contributed by atoms with Gasteiger partial charge >= 0.3 is 6.03 Å². The summed E-state index contributed by atoms with van der Waals surface area (Å²) >= 11 is 0. The van der Waals surface area contributed by atoms with Crippen molar-refractivity contribution in [1.29, 1.82) is 0 Å². The molecule has 0 saturated heterocycles. The van der Waals surface area contributed by atoms with Crippen molar-refractivity contribution in [2.24, 2.45) is 0 Å². The van der Waals surface area contributed by atoms with Gasteiger partial charge in [-0.05, 0) is 50.2 Å². The van der Waals surface area contributed by atoms with E-state index in [-0.39, 0.29) is 11.8 Å². The van der Waals surface area contributed by atoms with Crippen LogP contribution in [0.3, 0.4) is 0 Å². The van der Waals surface area contributed by atoms with Gasteiger partial charge in [-0.25, -0.2) is 4.79 Å². The van der Waals surface area contributed by atoms with Crippen LogP contribution in [0.5, 0.6) is 5.75 Å². The fourth-order valence-corrected chi connectivity index (χ4v) is 2.22. The van der Waals surface area contributed by atoms with Gasteiger partial charge in [-0.2, -0.15) is 0 Å². The Morgan fingerprint density at radius 2 is 1.64 bits per heavy atom. The maximum absolute atomic E-state index is 11.9. The average Bonchev–Trinajstić information content (AvgIpc) is 2.50. The van der Waals surface area contributed by atoms with E-state index in [1.54, 1.807) is 18.2 Å². The number of rotatable bonds is 5. The number of anilines is 3. The molecule has 0 aliphatic heterocycles. The molecule has 0 aliphatic rings. The lowest BCUT2D eigenvalue weighted by Crippen LogP contribution is -2.22. The Bertz CT molecular complexity index is 622. The van der Waals surface area contributed by atoms with Gasteiger partial charge < -0.3 is 20.6 Å². The zero-order valence-electron chi connectivity index (χ0n) is 12.8. The molecule has 22 heavy (non-hydrogen) atoms. The van der Waals surface area contributed by atoms with E-state index in [0.29, 0.717) is 11.4 Å². The molecule has 5 heteroatoms. The summed E-state index contributed by atoms with van der Waals surface area (Å²) in [7, 11) is 0. The number of carbonyl (C=O) groups excluding carboxylic acids is 1. The predicted octanol–water partition coefficient (Wildman–Crippen LogP) is 3.88. The number of nitrogens with one attached hydrogen (secondary N) is 2. The maximum atomic E-state index is 11.9. The van der Waals surface area contributed by atoms with Crippen LogP contribution < -0.4 is 15.5 Å². The number of phenolic OH excluding ortho intramolecular Hbond substituents is 1. The second kappa shape index (κ2) is 7.36. The van der Waals surface area contributed by atoms with Crippen molar-refractivity contribution in [2.75, 3.05) is 28.6 Å². The number of hydrogen-bond acceptors (Lipinski definition) is 3. The molecule has 5 nitrogen and oxygen atoms in total. The van der Waals surface area contributed by atoms with Crippen molar-refractivity contribution in [2.45, 2.75) is 13.8 Å². The van der Waals surface area contributed by atoms with Crippen LogP contribution in [0.25, 0.3) is 0 Å². The number of urea groups is 1. The summed E-state index contributed by atoms with van der Waals surface area (Å²) in [5, 5.41) is 14.8. The highest BCUT2D eigenvalue weighted by Gasteiger charge is 2.05. The van der Waals surface area contributed by atoms with E-state index >= 15 is 0 Å². The van der Waals surface area contributed by atoms with Crippen molar-refractivity contribution in [3.05, 3.63) is 48.5 Å². The van der Waals surface area contributed by atoms with Gasteiger partial charge in [0.15, 0.2) is 0 Å². The Labute approximate surface area is 130 Å². The molecule has 0 unspecified atom stereocenters. The van der Waals surface area contributed by atoms with Gasteiger partial charge in [0.25, 0.3) is 0 Å². The van der Waals surface area contributed by atoms with Crippen LogP contribution in [0.2, 0.25) is 0 Å². The lowest BCUT2D eigenvalue weighted by atomic mass is 10.2. The summed E-state index contributed by atoms with van der Waals surface area (Å²) in [5.74, 6) is 0.112. The fourth-order valence-electron chi connectivity index (χ4n) is 2.22. The first kappa shape index (κ1) is 15.7. The lowest BCUT2D eigenvalue weighted by Gasteiger charge is -2.21. The maximum Gasteiger partial charge on any atom is 0.323 e. The highest BCUT2D eigenvalue weighted by Crippen LogP contribution is 2.19. The highest BCUT2D eigenvalue weighted by molar-refractivity contribution is 5.99. The minimum absolute atomic E-state index is 0.112. The van der Waals surface area contributed by atoms with E-state index in [2.05, 4.69) is 29.4 Å². The van der Waals surface area contributed by atoms with Gasteiger partial charge in [0.05, 0.1) is 0 Å². The van der Waals surface area contributed by atoms with Crippen LogP contribution in [-0.2, 0) is 0 Å². The minimum atomic E-state index is -0.346. The third-order valence-electron chi connectivity index (χ3n) is 3.36. The Kier molecular flexibility index (Phi) is 5.25. The van der Waals surface area contributed by atoms with Crippen molar-refractivity contribution >= 4 is 23.1 Å². The Morgan fingerprint density at radius 1 is 1.00 bits per heavy atom. The van der Waals surface area contributed by atoms with Gasteiger partial charge in [0.2, 0.25) is 0 Å². The second-order valence-corrected chi connectivity index (χ2v) is 4.85. The molecular weight excluding hydrogens is 278 g/mol. The average molecular weight is 299 g/mol. The molecule has 2 rings (SSSR count). The van der Waals surface area contributed by atoms with Crippen LogP contribution in [0.4, 0.5) is 21.9 Å². The number of carbonyl (C=O) groups is 1. The van der Waals surface area contributed by atoms with E-state index in [1.807, 2.05) is 24.3 Å². The second-order valence-electron chi connectivity index (χ2n) is 4.85. The van der Waals surface area contributed by atoms with Gasteiger partial charge in [-0.3, -0.25) is 0 Å². The summed E-state index contributed by atoms with van der Waals surface area (Å²) in [6.45, 7) is 6.11. The van der Waals surface area contributed by atoms with Crippen LogP contribution >= 0.6 is 0 Å². The summed E-state index contributed by atoms with van der Waals surface area (Å²) in [6, 6.07) is 13.8. The molecule has 0 radical (unpaired) electrons. The highest BCUT2D eigenvalue weighted by atomic mass is 16.3. The van der Waals surface area contributed by atoms with E-state index < -0.39 is 0 Å². The van der Waals surface area contributed by atoms with Crippen molar-refractivity contribution in [3.63, 3.8) is 0 Å². The number of amides is 2. The summed E-state index contributed by atoms with van der Waals surface area (Å²) in [4.78, 5) is 14.1. The number of hydrogen-bond donors (Lipinski definition) is 3. The molecule has 2 aromatic rings. The first-order chi connectivity index (χ1) is 10.6. The third-order valence-corrected chi connectivity index (χ3v) is 3.36. The topological polar surface area (TPSA) is 64.6 Å². The monoisotopic (exact) mass is 299 g/mol. The Balaban J connectivity index is 1.97. The van der Waals surface area contributed by atoms with Crippen LogP contribution in [0.15, 0.2) is 48.5 Å². The molecule has 0 saturated carbocycles. The van der Waals surface area contributed by atoms with Gasteiger partial charge in [-0.1, -0.05) is 6.07 Å². The molecule has 0 atom stereocenters. The molecule has 0 heterocycles. The van der Waals surface area contributed by atoms with Crippen molar-refractivity contribution < 1.29 is 9.90 Å². The van der Waals surface area contributed by atoms with Crippen LogP contribution in [0.1, 0.15) is 13.8 Å². The van der Waals surface area contributed by atoms with Gasteiger partial charge in [0.1, 0.15) is 5.75 Å². The van der Waals surface area contributed by atoms with E-state index in [9.17, 15) is 9.90 Å². The largest absolute Gasteiger partial charge is 0.508 e. The van der Waals surface area contributed by atoms with E-state index in [1.165, 1.54) is 6.07 Å². The SMILES string of the molecule is CCN(CC)c1ccc(NC(=O)Nc2cccc(O)c2)cc1. The van der Waals surface area contributed by atoms with Gasteiger partial charge in [0, 0.05) is 36.2 Å². The summed E-state index contributed by atoms with van der Waals surface area (Å²) in [6.07, 6.45) is 0. The normalized spacial score (nSPS) is 10.1. The third kappa shape index (κ3) is 4.15. The molecule has 2 amide bonds. The Morgan fingerprint density at radius 3 is 2.23 bits per heavy atom. The molecule has 0 spiro atoms. The first-order valence-electron chi connectivity index (χ1n) is 7.34. The van der Waals surface area contributed by atoms with Crippen molar-refractivity contribution in [1.82, 2.24) is 0 Å². The molecule has 3 N–H and O–H groups in total. The number of nitrogens with zero attached hydrogens (tertiary/aromatic N) is 1. The minimum Gasteiger partial charge on any atom is -0.508 e. The van der Waals surface area contributed by atoms with Crippen LogP contribution in [-0.4, -0.2) is 24.2 Å². The molecule has 0 bridgehead atoms. The quantitative estimate of drug-likeness (QED) is 0.785. The summed E-state index contributed by atoms with van der Waals surface area (Å²) < 4.78 is 0.